The zero-order valence-electron chi connectivity index (χ0n) is 16.3. The summed E-state index contributed by atoms with van der Waals surface area (Å²) in [5.41, 5.74) is 2.87. The number of sulfone groups is 1. The predicted octanol–water partition coefficient (Wildman–Crippen LogP) is 3.60. The minimum atomic E-state index is -3.06. The number of rotatable bonds is 6. The summed E-state index contributed by atoms with van der Waals surface area (Å²) in [6.07, 6.45) is 2.04. The maximum absolute atomic E-state index is 12.1. The van der Waals surface area contributed by atoms with Crippen molar-refractivity contribution in [3.63, 3.8) is 0 Å². The lowest BCUT2D eigenvalue weighted by molar-refractivity contribution is 0.101. The molecule has 4 rings (SSSR count). The molecular weight excluding hydrogens is 404 g/mol. The van der Waals surface area contributed by atoms with Gasteiger partial charge < -0.3 is 4.90 Å². The monoisotopic (exact) mass is 428 g/mol. The summed E-state index contributed by atoms with van der Waals surface area (Å²) in [5.74, 6) is 1.18. The van der Waals surface area contributed by atoms with Crippen LogP contribution in [0.15, 0.2) is 59.6 Å². The van der Waals surface area contributed by atoms with E-state index in [2.05, 4.69) is 29.2 Å². The van der Waals surface area contributed by atoms with Crippen molar-refractivity contribution in [2.24, 2.45) is 4.99 Å². The number of ketones is 1. The van der Waals surface area contributed by atoms with E-state index in [1.807, 2.05) is 18.2 Å². The van der Waals surface area contributed by atoms with Crippen LogP contribution in [0.4, 0.5) is 5.69 Å². The second kappa shape index (κ2) is 8.32. The molecule has 2 aliphatic heterocycles. The van der Waals surface area contributed by atoms with Crippen molar-refractivity contribution >= 4 is 38.2 Å². The molecule has 2 aromatic rings. The molecule has 2 atom stereocenters. The number of Topliss-reactive ketones (excluding diaryl/α,β-unsaturated/α-hetero) is 1. The molecule has 29 heavy (non-hydrogen) atoms. The number of aryl methyl sites for hydroxylation is 1. The minimum absolute atomic E-state index is 0.0171. The van der Waals surface area contributed by atoms with Crippen molar-refractivity contribution in [2.45, 2.75) is 31.8 Å². The van der Waals surface area contributed by atoms with E-state index in [0.717, 1.165) is 29.4 Å². The summed E-state index contributed by atoms with van der Waals surface area (Å²) in [6.45, 7) is 1.54. The highest BCUT2D eigenvalue weighted by Crippen LogP contribution is 2.35. The van der Waals surface area contributed by atoms with E-state index in [0.29, 0.717) is 5.56 Å². The maximum atomic E-state index is 12.1. The van der Waals surface area contributed by atoms with Gasteiger partial charge in [0, 0.05) is 17.0 Å². The van der Waals surface area contributed by atoms with Crippen molar-refractivity contribution in [2.75, 3.05) is 22.2 Å². The lowest BCUT2D eigenvalue weighted by atomic mass is 10.1. The maximum Gasteiger partial charge on any atom is 0.164 e. The number of nitrogens with zero attached hydrogens (tertiary/aromatic N) is 2. The fraction of sp³-hybridized carbons (Fsp3) is 0.364. The molecule has 0 N–H and O–H groups in total. The van der Waals surface area contributed by atoms with Crippen molar-refractivity contribution in [3.05, 3.63) is 65.7 Å². The molecule has 0 bridgehead atoms. The second-order valence-electron chi connectivity index (χ2n) is 7.53. The van der Waals surface area contributed by atoms with E-state index >= 15 is 0 Å². The zero-order chi connectivity index (χ0) is 20.4. The van der Waals surface area contributed by atoms with Gasteiger partial charge in [-0.1, -0.05) is 42.1 Å². The number of benzene rings is 2. The third kappa shape index (κ3) is 4.56. The third-order valence-electron chi connectivity index (χ3n) is 5.34. The van der Waals surface area contributed by atoms with Gasteiger partial charge in [0.25, 0.3) is 0 Å². The van der Waals surface area contributed by atoms with Gasteiger partial charge >= 0.3 is 0 Å². The van der Waals surface area contributed by atoms with E-state index in [1.54, 1.807) is 30.8 Å². The summed E-state index contributed by atoms with van der Waals surface area (Å²) < 4.78 is 24.3. The van der Waals surface area contributed by atoms with Crippen LogP contribution in [0.5, 0.6) is 0 Å². The smallest absolute Gasteiger partial charge is 0.164 e. The quantitative estimate of drug-likeness (QED) is 0.520. The van der Waals surface area contributed by atoms with Gasteiger partial charge in [0.2, 0.25) is 0 Å². The first kappa shape index (κ1) is 20.2. The van der Waals surface area contributed by atoms with E-state index in [-0.39, 0.29) is 29.4 Å². The Balaban J connectivity index is 1.48. The van der Waals surface area contributed by atoms with Crippen LogP contribution in [-0.4, -0.2) is 48.7 Å². The standard InChI is InChI=1S/C22H24N2O3S2/c1-16(25)18-9-11-19(12-10-18)24-21-15-29(26,27)14-20(21)23-22(24)28-13-5-8-17-6-3-2-4-7-17/h2-4,6-7,9-12,20-21H,5,8,13-15H2,1H3. The number of anilines is 1. The molecule has 152 valence electrons. The summed E-state index contributed by atoms with van der Waals surface area (Å²) in [4.78, 5) is 18.4. The largest absolute Gasteiger partial charge is 0.315 e. The van der Waals surface area contributed by atoms with Crippen LogP contribution in [0.2, 0.25) is 0 Å². The average molecular weight is 429 g/mol. The normalized spacial score (nSPS) is 22.4. The van der Waals surface area contributed by atoms with Gasteiger partial charge in [0.05, 0.1) is 23.6 Å². The van der Waals surface area contributed by atoms with Crippen molar-refractivity contribution < 1.29 is 13.2 Å². The molecule has 0 radical (unpaired) electrons. The van der Waals surface area contributed by atoms with Crippen molar-refractivity contribution in [3.8, 4) is 0 Å². The lowest BCUT2D eigenvalue weighted by Crippen LogP contribution is -2.39. The van der Waals surface area contributed by atoms with E-state index in [9.17, 15) is 13.2 Å². The van der Waals surface area contributed by atoms with Gasteiger partial charge in [0.1, 0.15) is 0 Å². The molecule has 2 heterocycles. The minimum Gasteiger partial charge on any atom is -0.315 e. The van der Waals surface area contributed by atoms with Gasteiger partial charge in [-0.05, 0) is 49.6 Å². The Hall–Kier alpha value is -2.12. The molecule has 5 nitrogen and oxygen atoms in total. The van der Waals surface area contributed by atoms with Crippen LogP contribution in [-0.2, 0) is 16.3 Å². The number of fused-ring (bicyclic) bond motifs is 1. The fourth-order valence-corrected chi connectivity index (χ4v) is 6.78. The number of amidine groups is 1. The average Bonchev–Trinajstić information content (AvgIpc) is 3.17. The van der Waals surface area contributed by atoms with Gasteiger partial charge in [-0.2, -0.15) is 0 Å². The first-order chi connectivity index (χ1) is 13.9. The fourth-order valence-electron chi connectivity index (χ4n) is 3.88. The Morgan fingerprint density at radius 2 is 1.83 bits per heavy atom. The van der Waals surface area contributed by atoms with Gasteiger partial charge in [-0.3, -0.25) is 9.79 Å². The second-order valence-corrected chi connectivity index (χ2v) is 10.7. The summed E-state index contributed by atoms with van der Waals surface area (Å²) in [7, 11) is -3.06. The van der Waals surface area contributed by atoms with E-state index < -0.39 is 9.84 Å². The summed E-state index contributed by atoms with van der Waals surface area (Å²) in [6, 6.07) is 17.4. The highest BCUT2D eigenvalue weighted by Gasteiger charge is 2.47. The Morgan fingerprint density at radius 1 is 1.10 bits per heavy atom. The SMILES string of the molecule is CC(=O)c1ccc(N2C(SCCCc3ccccc3)=NC3CS(=O)(=O)CC32)cc1. The Morgan fingerprint density at radius 3 is 2.52 bits per heavy atom. The number of carbonyl (C=O) groups excluding carboxylic acids is 1. The molecule has 2 aliphatic rings. The molecule has 1 saturated heterocycles. The van der Waals surface area contributed by atoms with Gasteiger partial charge in [-0.25, -0.2) is 8.42 Å². The van der Waals surface area contributed by atoms with Crippen LogP contribution in [0.1, 0.15) is 29.3 Å². The third-order valence-corrected chi connectivity index (χ3v) is 8.10. The first-order valence-electron chi connectivity index (χ1n) is 9.78. The number of hydrogen-bond donors (Lipinski definition) is 0. The molecule has 0 amide bonds. The van der Waals surface area contributed by atoms with Crippen molar-refractivity contribution in [1.82, 2.24) is 0 Å². The molecular formula is C22H24N2O3S2. The molecule has 7 heteroatoms. The van der Waals surface area contributed by atoms with Crippen LogP contribution in [0.3, 0.4) is 0 Å². The number of hydrogen-bond acceptors (Lipinski definition) is 6. The van der Waals surface area contributed by atoms with Crippen LogP contribution in [0, 0.1) is 0 Å². The number of aliphatic imine (C=N–C) groups is 1. The molecule has 0 aliphatic carbocycles. The summed E-state index contributed by atoms with van der Waals surface area (Å²) >= 11 is 1.69. The molecule has 2 aromatic carbocycles. The van der Waals surface area contributed by atoms with Gasteiger partial charge in [0.15, 0.2) is 20.8 Å². The number of thioether (sulfide) groups is 1. The van der Waals surface area contributed by atoms with Crippen LogP contribution < -0.4 is 4.90 Å². The van der Waals surface area contributed by atoms with E-state index in [1.165, 1.54) is 5.56 Å². The molecule has 2 unspecified atom stereocenters. The van der Waals surface area contributed by atoms with Gasteiger partial charge in [-0.15, -0.1) is 0 Å². The topological polar surface area (TPSA) is 66.8 Å². The van der Waals surface area contributed by atoms with Crippen LogP contribution >= 0.6 is 11.8 Å². The van der Waals surface area contributed by atoms with E-state index in [4.69, 9.17) is 4.99 Å². The molecule has 0 aromatic heterocycles. The molecule has 0 spiro atoms. The molecule has 0 saturated carbocycles. The summed E-state index contributed by atoms with van der Waals surface area (Å²) in [5, 5.41) is 0.888. The number of carbonyl (C=O) groups is 1. The predicted molar refractivity (Wildman–Crippen MR) is 120 cm³/mol. The Bertz CT molecular complexity index is 1020. The Kier molecular flexibility index (Phi) is 5.79. The zero-order valence-corrected chi connectivity index (χ0v) is 18.0. The lowest BCUT2D eigenvalue weighted by Gasteiger charge is -2.26. The molecule has 1 fully saturated rings. The van der Waals surface area contributed by atoms with Crippen molar-refractivity contribution in [1.29, 1.82) is 0 Å². The first-order valence-corrected chi connectivity index (χ1v) is 12.6. The Labute approximate surface area is 176 Å². The highest BCUT2D eigenvalue weighted by atomic mass is 32.2. The van der Waals surface area contributed by atoms with Crippen LogP contribution in [0.25, 0.3) is 0 Å². The highest BCUT2D eigenvalue weighted by molar-refractivity contribution is 8.14.